The second-order valence-electron chi connectivity index (χ2n) is 6.85. The summed E-state index contributed by atoms with van der Waals surface area (Å²) in [5.74, 6) is 2.52. The Hall–Kier alpha value is -2.95. The molecule has 1 aliphatic heterocycles. The van der Waals surface area contributed by atoms with Crippen LogP contribution in [0.25, 0.3) is 16.9 Å². The molecule has 4 rings (SSSR count). The van der Waals surface area contributed by atoms with Crippen molar-refractivity contribution in [2.45, 2.75) is 26.2 Å². The van der Waals surface area contributed by atoms with E-state index in [9.17, 15) is 0 Å². The van der Waals surface area contributed by atoms with Crippen LogP contribution in [0.15, 0.2) is 42.5 Å². The van der Waals surface area contributed by atoms with Gasteiger partial charge in [-0.05, 0) is 56.0 Å². The number of fused-ring (bicyclic) bond motifs is 1. The third kappa shape index (κ3) is 3.14. The summed E-state index contributed by atoms with van der Waals surface area (Å²) in [7, 11) is 3.34. The highest BCUT2D eigenvalue weighted by Gasteiger charge is 2.24. The Morgan fingerprint density at radius 2 is 1.89 bits per heavy atom. The summed E-state index contributed by atoms with van der Waals surface area (Å²) < 4.78 is 13.2. The Morgan fingerprint density at radius 3 is 2.67 bits per heavy atom. The summed E-state index contributed by atoms with van der Waals surface area (Å²) in [4.78, 5) is 0. The van der Waals surface area contributed by atoms with E-state index in [1.54, 1.807) is 14.2 Å². The molecule has 0 saturated carbocycles. The number of aryl methyl sites for hydroxylation is 1. The zero-order chi connectivity index (χ0) is 18.8. The van der Waals surface area contributed by atoms with Gasteiger partial charge in [0.1, 0.15) is 11.5 Å². The molecule has 0 atom stereocenters. The zero-order valence-electron chi connectivity index (χ0n) is 16.1. The molecule has 27 heavy (non-hydrogen) atoms. The van der Waals surface area contributed by atoms with E-state index in [0.29, 0.717) is 0 Å². The van der Waals surface area contributed by atoms with Crippen LogP contribution in [0.1, 0.15) is 24.0 Å². The lowest BCUT2D eigenvalue weighted by molar-refractivity contribution is 0.356. The Balaban J connectivity index is 1.95. The second-order valence-corrected chi connectivity index (χ2v) is 6.85. The van der Waals surface area contributed by atoms with Gasteiger partial charge in [-0.15, -0.1) is 0 Å². The van der Waals surface area contributed by atoms with Gasteiger partial charge in [0, 0.05) is 17.7 Å². The molecule has 2 heterocycles. The zero-order valence-corrected chi connectivity index (χ0v) is 16.1. The SMILES string of the molecule is COc1cccc(-c2nn(-c3cccc(C)c3)c3c2CCCCN3)c1OC. The molecular formula is C22H25N3O2. The van der Waals surface area contributed by atoms with Crippen molar-refractivity contribution < 1.29 is 9.47 Å². The first-order valence-electron chi connectivity index (χ1n) is 9.37. The smallest absolute Gasteiger partial charge is 0.170 e. The molecular weight excluding hydrogens is 338 g/mol. The topological polar surface area (TPSA) is 48.3 Å². The lowest BCUT2D eigenvalue weighted by Crippen LogP contribution is -2.07. The van der Waals surface area contributed by atoms with E-state index >= 15 is 0 Å². The highest BCUT2D eigenvalue weighted by Crippen LogP contribution is 2.42. The maximum atomic E-state index is 5.68. The van der Waals surface area contributed by atoms with Crippen LogP contribution < -0.4 is 14.8 Å². The minimum absolute atomic E-state index is 0.718. The lowest BCUT2D eigenvalue weighted by atomic mass is 10.0. The van der Waals surface area contributed by atoms with E-state index in [0.717, 1.165) is 60.1 Å². The van der Waals surface area contributed by atoms with Crippen molar-refractivity contribution in [3.8, 4) is 28.4 Å². The fourth-order valence-electron chi connectivity index (χ4n) is 3.74. The standard InChI is InChI=1S/C22H25N3O2/c1-15-8-6-9-16(14-15)25-22-18(10-4-5-13-23-22)20(24-25)17-11-7-12-19(26-2)21(17)27-3/h6-9,11-12,14,23H,4-5,10,13H2,1-3H3. The van der Waals surface area contributed by atoms with Crippen LogP contribution in [-0.2, 0) is 6.42 Å². The predicted octanol–water partition coefficient (Wildman–Crippen LogP) is 4.61. The average molecular weight is 363 g/mol. The summed E-state index contributed by atoms with van der Waals surface area (Å²) in [6.07, 6.45) is 3.28. The molecule has 0 spiro atoms. The Bertz CT molecular complexity index is 962. The van der Waals surface area contributed by atoms with Crippen LogP contribution in [0.4, 0.5) is 5.82 Å². The fourth-order valence-corrected chi connectivity index (χ4v) is 3.74. The van der Waals surface area contributed by atoms with E-state index in [-0.39, 0.29) is 0 Å². The van der Waals surface area contributed by atoms with Gasteiger partial charge in [0.15, 0.2) is 11.5 Å². The van der Waals surface area contributed by atoms with Crippen molar-refractivity contribution in [3.05, 3.63) is 53.6 Å². The molecule has 2 aromatic carbocycles. The second kappa shape index (κ2) is 7.35. The molecule has 0 aliphatic carbocycles. The van der Waals surface area contributed by atoms with Crippen molar-refractivity contribution >= 4 is 5.82 Å². The van der Waals surface area contributed by atoms with Gasteiger partial charge in [0.2, 0.25) is 0 Å². The molecule has 0 radical (unpaired) electrons. The first kappa shape index (κ1) is 17.5. The number of methoxy groups -OCH3 is 2. The molecule has 1 N–H and O–H groups in total. The normalized spacial score (nSPS) is 13.4. The number of aromatic nitrogens is 2. The predicted molar refractivity (Wildman–Crippen MR) is 108 cm³/mol. The highest BCUT2D eigenvalue weighted by molar-refractivity contribution is 5.77. The molecule has 5 heteroatoms. The molecule has 0 unspecified atom stereocenters. The maximum absolute atomic E-state index is 5.68. The summed E-state index contributed by atoms with van der Waals surface area (Å²) >= 11 is 0. The third-order valence-corrected chi connectivity index (χ3v) is 5.03. The minimum Gasteiger partial charge on any atom is -0.493 e. The first-order chi connectivity index (χ1) is 13.2. The van der Waals surface area contributed by atoms with Crippen molar-refractivity contribution in [3.63, 3.8) is 0 Å². The minimum atomic E-state index is 0.718. The summed E-state index contributed by atoms with van der Waals surface area (Å²) in [5.41, 5.74) is 5.43. The van der Waals surface area contributed by atoms with E-state index in [1.165, 1.54) is 11.1 Å². The number of nitrogens with zero attached hydrogens (tertiary/aromatic N) is 2. The van der Waals surface area contributed by atoms with Gasteiger partial charge in [0.25, 0.3) is 0 Å². The van der Waals surface area contributed by atoms with Crippen molar-refractivity contribution in [1.82, 2.24) is 9.78 Å². The summed E-state index contributed by atoms with van der Waals surface area (Å²) in [5, 5.41) is 8.61. The summed E-state index contributed by atoms with van der Waals surface area (Å²) in [6, 6.07) is 14.4. The average Bonchev–Trinajstić information content (AvgIpc) is 2.88. The van der Waals surface area contributed by atoms with Gasteiger partial charge >= 0.3 is 0 Å². The molecule has 1 aromatic heterocycles. The molecule has 3 aromatic rings. The van der Waals surface area contributed by atoms with Crippen LogP contribution in [0.2, 0.25) is 0 Å². The van der Waals surface area contributed by atoms with Crippen molar-refractivity contribution in [2.24, 2.45) is 0 Å². The number of anilines is 1. The Kier molecular flexibility index (Phi) is 4.75. The number of hydrogen-bond acceptors (Lipinski definition) is 4. The summed E-state index contributed by atoms with van der Waals surface area (Å²) in [6.45, 7) is 3.06. The van der Waals surface area contributed by atoms with E-state index in [1.807, 2.05) is 16.8 Å². The Morgan fingerprint density at radius 1 is 1.04 bits per heavy atom. The van der Waals surface area contributed by atoms with Crippen molar-refractivity contribution in [1.29, 1.82) is 0 Å². The third-order valence-electron chi connectivity index (χ3n) is 5.03. The maximum Gasteiger partial charge on any atom is 0.170 e. The molecule has 0 fully saturated rings. The molecule has 0 saturated heterocycles. The number of para-hydroxylation sites is 1. The molecule has 1 aliphatic rings. The lowest BCUT2D eigenvalue weighted by Gasteiger charge is -2.12. The van der Waals surface area contributed by atoms with Gasteiger partial charge in [-0.2, -0.15) is 5.10 Å². The fraction of sp³-hybridized carbons (Fsp3) is 0.318. The van der Waals surface area contributed by atoms with Crippen LogP contribution in [0.5, 0.6) is 11.5 Å². The number of ether oxygens (including phenoxy) is 2. The number of nitrogens with one attached hydrogen (secondary N) is 1. The van der Waals surface area contributed by atoms with Gasteiger partial charge in [-0.3, -0.25) is 0 Å². The van der Waals surface area contributed by atoms with Crippen LogP contribution in [0, 0.1) is 6.92 Å². The highest BCUT2D eigenvalue weighted by atomic mass is 16.5. The van der Waals surface area contributed by atoms with E-state index < -0.39 is 0 Å². The van der Waals surface area contributed by atoms with Gasteiger partial charge in [0.05, 0.1) is 19.9 Å². The van der Waals surface area contributed by atoms with E-state index in [2.05, 4.69) is 42.6 Å². The largest absolute Gasteiger partial charge is 0.493 e. The van der Waals surface area contributed by atoms with Crippen LogP contribution in [0.3, 0.4) is 0 Å². The first-order valence-corrected chi connectivity index (χ1v) is 9.37. The van der Waals surface area contributed by atoms with Crippen LogP contribution >= 0.6 is 0 Å². The molecule has 0 bridgehead atoms. The van der Waals surface area contributed by atoms with Crippen LogP contribution in [-0.4, -0.2) is 30.5 Å². The quantitative estimate of drug-likeness (QED) is 0.735. The van der Waals surface area contributed by atoms with E-state index in [4.69, 9.17) is 14.6 Å². The van der Waals surface area contributed by atoms with Gasteiger partial charge in [-0.25, -0.2) is 4.68 Å². The Labute approximate surface area is 159 Å². The van der Waals surface area contributed by atoms with Gasteiger partial charge in [-0.1, -0.05) is 18.2 Å². The monoisotopic (exact) mass is 363 g/mol. The molecule has 0 amide bonds. The van der Waals surface area contributed by atoms with Crippen molar-refractivity contribution in [2.75, 3.05) is 26.1 Å². The van der Waals surface area contributed by atoms with Gasteiger partial charge < -0.3 is 14.8 Å². The number of hydrogen-bond donors (Lipinski definition) is 1. The number of rotatable bonds is 4. The molecule has 5 nitrogen and oxygen atoms in total. The molecule has 140 valence electrons. The number of benzene rings is 2.